The summed E-state index contributed by atoms with van der Waals surface area (Å²) in [5.41, 5.74) is 0.300. The molecule has 0 atom stereocenters. The Labute approximate surface area is 86.4 Å². The van der Waals surface area contributed by atoms with Crippen LogP contribution in [-0.4, -0.2) is 26.4 Å². The number of methoxy groups -OCH3 is 1. The average molecular weight is 232 g/mol. The number of rotatable bonds is 4. The Balaban J connectivity index is 3.13. The molecule has 0 bridgehead atoms. The second kappa shape index (κ2) is 4.28. The van der Waals surface area contributed by atoms with Gasteiger partial charge in [0, 0.05) is 5.56 Å². The van der Waals surface area contributed by atoms with E-state index in [1.165, 1.54) is 25.3 Å². The Kier molecular flexibility index (Phi) is 3.28. The molecule has 0 aliphatic carbocycles. The molecule has 15 heavy (non-hydrogen) atoms. The summed E-state index contributed by atoms with van der Waals surface area (Å²) in [6.45, 7) is 0. The lowest BCUT2D eigenvalue weighted by Crippen LogP contribution is -2.07. The Morgan fingerprint density at radius 2 is 2.00 bits per heavy atom. The van der Waals surface area contributed by atoms with Crippen molar-refractivity contribution < 1.29 is 26.7 Å². The van der Waals surface area contributed by atoms with Crippen LogP contribution in [0.25, 0.3) is 0 Å². The molecule has 1 aromatic carbocycles. The lowest BCUT2D eigenvalue weighted by molar-refractivity contribution is 0.112. The van der Waals surface area contributed by atoms with Gasteiger partial charge in [0.05, 0.1) is 7.11 Å². The van der Waals surface area contributed by atoms with Gasteiger partial charge < -0.3 is 8.92 Å². The summed E-state index contributed by atoms with van der Waals surface area (Å²) in [6, 6.07) is 3.82. The zero-order valence-electron chi connectivity index (χ0n) is 7.71. The van der Waals surface area contributed by atoms with Crippen LogP contribution in [0.5, 0.6) is 11.5 Å². The van der Waals surface area contributed by atoms with Crippen molar-refractivity contribution in [3.63, 3.8) is 0 Å². The van der Waals surface area contributed by atoms with E-state index in [-0.39, 0.29) is 11.5 Å². The van der Waals surface area contributed by atoms with E-state index in [1.807, 2.05) is 0 Å². The monoisotopic (exact) mass is 232 g/mol. The van der Waals surface area contributed by atoms with Gasteiger partial charge in [-0.15, -0.1) is 0 Å². The normalized spacial score (nSPS) is 10.8. The largest absolute Gasteiger partial charge is 0.493 e. The van der Waals surface area contributed by atoms with Crippen molar-refractivity contribution in [1.29, 1.82) is 0 Å². The molecular weight excluding hydrogens is 224 g/mol. The Morgan fingerprint density at radius 3 is 2.47 bits per heavy atom. The second-order valence-electron chi connectivity index (χ2n) is 2.54. The van der Waals surface area contributed by atoms with Gasteiger partial charge in [0.15, 0.2) is 11.5 Å². The van der Waals surface area contributed by atoms with Crippen LogP contribution < -0.4 is 8.92 Å². The number of ether oxygens (including phenoxy) is 1. The highest BCUT2D eigenvalue weighted by Gasteiger charge is 2.12. The molecule has 0 fully saturated rings. The highest BCUT2D eigenvalue weighted by molar-refractivity contribution is 7.81. The first-order chi connectivity index (χ1) is 6.96. The third kappa shape index (κ3) is 3.22. The number of hydrogen-bond acceptors (Lipinski definition) is 5. The molecule has 6 nitrogen and oxygen atoms in total. The van der Waals surface area contributed by atoms with Crippen LogP contribution in [0, 0.1) is 0 Å². The summed E-state index contributed by atoms with van der Waals surface area (Å²) >= 11 is 0. The summed E-state index contributed by atoms with van der Waals surface area (Å²) in [5, 5.41) is 0. The molecule has 1 aromatic rings. The number of benzene rings is 1. The highest BCUT2D eigenvalue weighted by Crippen LogP contribution is 2.28. The van der Waals surface area contributed by atoms with Gasteiger partial charge in [-0.05, 0) is 18.2 Å². The molecule has 7 heteroatoms. The average Bonchev–Trinajstić information content (AvgIpc) is 2.16. The van der Waals surface area contributed by atoms with Crippen molar-refractivity contribution in [1.82, 2.24) is 0 Å². The van der Waals surface area contributed by atoms with Crippen molar-refractivity contribution in [2.24, 2.45) is 0 Å². The van der Waals surface area contributed by atoms with Crippen LogP contribution >= 0.6 is 0 Å². The van der Waals surface area contributed by atoms with Crippen LogP contribution in [0.15, 0.2) is 18.2 Å². The lowest BCUT2D eigenvalue weighted by Gasteiger charge is -2.07. The van der Waals surface area contributed by atoms with Gasteiger partial charge in [-0.1, -0.05) is 0 Å². The smallest absolute Gasteiger partial charge is 0.446 e. The summed E-state index contributed by atoms with van der Waals surface area (Å²) in [6.07, 6.45) is 0.569. The maximum absolute atomic E-state index is 10.4. The van der Waals surface area contributed by atoms with Crippen molar-refractivity contribution in [3.8, 4) is 11.5 Å². The number of aldehydes is 1. The van der Waals surface area contributed by atoms with Crippen LogP contribution in [0.3, 0.4) is 0 Å². The molecule has 0 radical (unpaired) electrons. The van der Waals surface area contributed by atoms with Crippen LogP contribution in [-0.2, 0) is 10.4 Å². The molecule has 1 rings (SSSR count). The second-order valence-corrected chi connectivity index (χ2v) is 3.56. The van der Waals surface area contributed by atoms with Crippen LogP contribution in [0.1, 0.15) is 10.4 Å². The highest BCUT2D eigenvalue weighted by atomic mass is 32.3. The molecule has 0 aromatic heterocycles. The summed E-state index contributed by atoms with van der Waals surface area (Å²) in [4.78, 5) is 10.4. The maximum atomic E-state index is 10.4. The zero-order chi connectivity index (χ0) is 11.5. The van der Waals surface area contributed by atoms with Crippen molar-refractivity contribution >= 4 is 16.7 Å². The predicted octanol–water partition coefficient (Wildman–Crippen LogP) is 0.689. The fourth-order valence-electron chi connectivity index (χ4n) is 0.940. The molecule has 0 unspecified atom stereocenters. The van der Waals surface area contributed by atoms with Gasteiger partial charge in [-0.2, -0.15) is 8.42 Å². The third-order valence-electron chi connectivity index (χ3n) is 1.52. The standard InChI is InChI=1S/C8H8O6S/c1-13-8-4-6(5-9)2-3-7(8)14-15(10,11)12/h2-5H,1H3,(H,10,11,12). The first-order valence-electron chi connectivity index (χ1n) is 3.76. The van der Waals surface area contributed by atoms with E-state index in [2.05, 4.69) is 4.18 Å². The van der Waals surface area contributed by atoms with E-state index in [4.69, 9.17) is 9.29 Å². The molecule has 82 valence electrons. The molecule has 0 heterocycles. The quantitative estimate of drug-likeness (QED) is 0.606. The van der Waals surface area contributed by atoms with Gasteiger partial charge >= 0.3 is 10.4 Å². The summed E-state index contributed by atoms with van der Waals surface area (Å²) in [5.74, 6) is -0.150. The van der Waals surface area contributed by atoms with Gasteiger partial charge in [0.25, 0.3) is 0 Å². The predicted molar refractivity (Wildman–Crippen MR) is 50.6 cm³/mol. The Morgan fingerprint density at radius 1 is 1.33 bits per heavy atom. The van der Waals surface area contributed by atoms with Crippen molar-refractivity contribution in [3.05, 3.63) is 23.8 Å². The minimum Gasteiger partial charge on any atom is -0.493 e. The SMILES string of the molecule is COc1cc(C=O)ccc1OS(=O)(=O)O. The number of carbonyl (C=O) groups excluding carboxylic acids is 1. The van der Waals surface area contributed by atoms with E-state index < -0.39 is 10.4 Å². The van der Waals surface area contributed by atoms with E-state index in [0.717, 1.165) is 0 Å². The van der Waals surface area contributed by atoms with Gasteiger partial charge in [0.1, 0.15) is 6.29 Å². The zero-order valence-corrected chi connectivity index (χ0v) is 8.52. The summed E-state index contributed by atoms with van der Waals surface area (Å²) < 4.78 is 38.3. The molecule has 0 aliphatic heterocycles. The van der Waals surface area contributed by atoms with Crippen molar-refractivity contribution in [2.75, 3.05) is 7.11 Å². The fourth-order valence-corrected chi connectivity index (χ4v) is 1.30. The van der Waals surface area contributed by atoms with E-state index in [9.17, 15) is 13.2 Å². The minimum atomic E-state index is -4.60. The van der Waals surface area contributed by atoms with E-state index in [0.29, 0.717) is 11.8 Å². The molecule has 0 amide bonds. The maximum Gasteiger partial charge on any atom is 0.446 e. The Hall–Kier alpha value is -1.60. The van der Waals surface area contributed by atoms with Crippen LogP contribution in [0.4, 0.5) is 0 Å². The number of carbonyl (C=O) groups is 1. The van der Waals surface area contributed by atoms with E-state index in [1.54, 1.807) is 0 Å². The molecule has 0 aliphatic rings. The fraction of sp³-hybridized carbons (Fsp3) is 0.125. The Bertz CT molecular complexity index is 464. The third-order valence-corrected chi connectivity index (χ3v) is 1.91. The van der Waals surface area contributed by atoms with Crippen LogP contribution in [0.2, 0.25) is 0 Å². The van der Waals surface area contributed by atoms with Gasteiger partial charge in [-0.3, -0.25) is 9.35 Å². The minimum absolute atomic E-state index is 0.0391. The molecule has 0 saturated heterocycles. The van der Waals surface area contributed by atoms with Gasteiger partial charge in [0.2, 0.25) is 0 Å². The first kappa shape index (κ1) is 11.5. The molecule has 1 N–H and O–H groups in total. The molecular formula is C8H8O6S. The first-order valence-corrected chi connectivity index (χ1v) is 5.13. The summed E-state index contributed by atoms with van der Waals surface area (Å²) in [7, 11) is -3.32. The number of hydrogen-bond donors (Lipinski definition) is 1. The molecule has 0 saturated carbocycles. The van der Waals surface area contributed by atoms with Gasteiger partial charge in [-0.25, -0.2) is 0 Å². The lowest BCUT2D eigenvalue weighted by atomic mass is 10.2. The van der Waals surface area contributed by atoms with E-state index >= 15 is 0 Å². The topological polar surface area (TPSA) is 89.9 Å². The molecule has 0 spiro atoms. The van der Waals surface area contributed by atoms with Crippen molar-refractivity contribution in [2.45, 2.75) is 0 Å².